The number of ether oxygens (including phenoxy) is 2. The largest absolute Gasteiger partial charge is 0.496 e. The number of amides is 1. The zero-order valence-corrected chi connectivity index (χ0v) is 19.4. The molecule has 3 aliphatic heterocycles. The molecular formula is C27H34N2O3. The Balaban J connectivity index is 1.40. The van der Waals surface area contributed by atoms with Crippen LogP contribution >= 0.6 is 0 Å². The van der Waals surface area contributed by atoms with Gasteiger partial charge < -0.3 is 14.8 Å². The van der Waals surface area contributed by atoms with Crippen molar-refractivity contribution in [3.8, 4) is 16.9 Å². The zero-order chi connectivity index (χ0) is 22.3. The Morgan fingerprint density at radius 2 is 1.91 bits per heavy atom. The summed E-state index contributed by atoms with van der Waals surface area (Å²) in [6.07, 6.45) is 4.05. The number of benzene rings is 2. The second kappa shape index (κ2) is 8.43. The van der Waals surface area contributed by atoms with Gasteiger partial charge in [0.1, 0.15) is 11.9 Å². The number of para-hydroxylation sites is 1. The van der Waals surface area contributed by atoms with E-state index in [1.165, 1.54) is 11.1 Å². The summed E-state index contributed by atoms with van der Waals surface area (Å²) in [6.45, 7) is 7.64. The number of piperidine rings is 3. The highest BCUT2D eigenvalue weighted by molar-refractivity contribution is 5.73. The summed E-state index contributed by atoms with van der Waals surface area (Å²) in [5.74, 6) is 1.36. The molecule has 3 saturated heterocycles. The van der Waals surface area contributed by atoms with Crippen molar-refractivity contribution in [2.45, 2.75) is 51.7 Å². The van der Waals surface area contributed by atoms with Gasteiger partial charge in [-0.3, -0.25) is 4.90 Å². The van der Waals surface area contributed by atoms with Crippen LogP contribution in [0.1, 0.15) is 50.3 Å². The Morgan fingerprint density at radius 3 is 2.62 bits per heavy atom. The summed E-state index contributed by atoms with van der Waals surface area (Å²) in [5.41, 5.74) is 4.61. The van der Waals surface area contributed by atoms with E-state index in [4.69, 9.17) is 9.47 Å². The lowest BCUT2D eigenvalue weighted by molar-refractivity contribution is -0.0353. The highest BCUT2D eigenvalue weighted by Crippen LogP contribution is 2.45. The third-order valence-electron chi connectivity index (χ3n) is 7.81. The molecule has 170 valence electrons. The van der Waals surface area contributed by atoms with E-state index in [-0.39, 0.29) is 23.7 Å². The maximum Gasteiger partial charge on any atom is 0.407 e. The van der Waals surface area contributed by atoms with E-state index in [0.717, 1.165) is 62.2 Å². The van der Waals surface area contributed by atoms with Crippen LogP contribution in [0.3, 0.4) is 0 Å². The van der Waals surface area contributed by atoms with Crippen molar-refractivity contribution in [1.82, 2.24) is 10.2 Å². The molecule has 32 heavy (non-hydrogen) atoms. The number of nitrogens with zero attached hydrogens (tertiary/aromatic N) is 1. The standard InChI is InChI=1S/C27H34N2O3/c1-27(2)13-10-18-8-9-20(21-6-4-5-7-23(21)31-3)16-22(18)25(27)28-26(30)32-24-17-29-14-11-19(24)12-15-29/h4-9,16,19,24-25H,10-15,17H2,1-3H3,(H,28,30)/t24-,25?/m1/s1. The molecule has 1 amide bonds. The van der Waals surface area contributed by atoms with Gasteiger partial charge in [0.2, 0.25) is 0 Å². The first-order chi connectivity index (χ1) is 15.4. The topological polar surface area (TPSA) is 50.8 Å². The van der Waals surface area contributed by atoms with Crippen LogP contribution in [0.4, 0.5) is 4.79 Å². The van der Waals surface area contributed by atoms with Crippen LogP contribution in [-0.4, -0.2) is 43.8 Å². The molecule has 6 rings (SSSR count). The molecule has 0 aromatic heterocycles. The molecule has 5 heteroatoms. The van der Waals surface area contributed by atoms with Crippen molar-refractivity contribution < 1.29 is 14.3 Å². The minimum Gasteiger partial charge on any atom is -0.496 e. The first-order valence-corrected chi connectivity index (χ1v) is 11.9. The van der Waals surface area contributed by atoms with Crippen LogP contribution < -0.4 is 10.1 Å². The normalized spacial score (nSPS) is 28.0. The Labute approximate surface area is 191 Å². The molecule has 2 aromatic carbocycles. The van der Waals surface area contributed by atoms with Crippen molar-refractivity contribution >= 4 is 6.09 Å². The van der Waals surface area contributed by atoms with Gasteiger partial charge >= 0.3 is 6.09 Å². The summed E-state index contributed by atoms with van der Waals surface area (Å²) >= 11 is 0. The molecule has 0 radical (unpaired) electrons. The number of methoxy groups -OCH3 is 1. The quantitative estimate of drug-likeness (QED) is 0.719. The third-order valence-corrected chi connectivity index (χ3v) is 7.81. The second-order valence-electron chi connectivity index (χ2n) is 10.3. The molecule has 2 aromatic rings. The molecule has 3 fully saturated rings. The molecule has 1 N–H and O–H groups in total. The molecule has 1 unspecified atom stereocenters. The Bertz CT molecular complexity index is 994. The van der Waals surface area contributed by atoms with Crippen LogP contribution in [0, 0.1) is 11.3 Å². The van der Waals surface area contributed by atoms with Crippen LogP contribution in [0.2, 0.25) is 0 Å². The smallest absolute Gasteiger partial charge is 0.407 e. The van der Waals surface area contributed by atoms with Gasteiger partial charge in [0.15, 0.2) is 0 Å². The first kappa shape index (κ1) is 21.3. The van der Waals surface area contributed by atoms with E-state index in [1.54, 1.807) is 7.11 Å². The van der Waals surface area contributed by atoms with Gasteiger partial charge in [0, 0.05) is 12.1 Å². The number of carbonyl (C=O) groups excluding carboxylic acids is 1. The number of rotatable bonds is 4. The molecule has 5 nitrogen and oxygen atoms in total. The average Bonchev–Trinajstić information content (AvgIpc) is 2.81. The zero-order valence-electron chi connectivity index (χ0n) is 19.4. The van der Waals surface area contributed by atoms with E-state index < -0.39 is 0 Å². The lowest BCUT2D eigenvalue weighted by atomic mass is 9.70. The number of aryl methyl sites for hydroxylation is 1. The fourth-order valence-electron chi connectivity index (χ4n) is 5.77. The van der Waals surface area contributed by atoms with Crippen molar-refractivity contribution in [2.75, 3.05) is 26.7 Å². The van der Waals surface area contributed by atoms with Crippen molar-refractivity contribution in [3.63, 3.8) is 0 Å². The minimum absolute atomic E-state index is 0.0172. The van der Waals surface area contributed by atoms with Gasteiger partial charge in [-0.2, -0.15) is 0 Å². The van der Waals surface area contributed by atoms with Gasteiger partial charge in [-0.05, 0) is 78.9 Å². The Hall–Kier alpha value is -2.53. The van der Waals surface area contributed by atoms with E-state index in [0.29, 0.717) is 5.92 Å². The number of hydrogen-bond acceptors (Lipinski definition) is 4. The number of fused-ring (bicyclic) bond motifs is 4. The average molecular weight is 435 g/mol. The van der Waals surface area contributed by atoms with E-state index >= 15 is 0 Å². The second-order valence-corrected chi connectivity index (χ2v) is 10.3. The van der Waals surface area contributed by atoms with Gasteiger partial charge in [-0.25, -0.2) is 4.79 Å². The maximum absolute atomic E-state index is 13.0. The summed E-state index contributed by atoms with van der Waals surface area (Å²) in [4.78, 5) is 15.5. The van der Waals surface area contributed by atoms with Gasteiger partial charge in [0.25, 0.3) is 0 Å². The summed E-state index contributed by atoms with van der Waals surface area (Å²) in [7, 11) is 1.70. The minimum atomic E-state index is -0.280. The molecule has 4 aliphatic rings. The van der Waals surface area contributed by atoms with Crippen molar-refractivity contribution in [3.05, 3.63) is 53.6 Å². The summed E-state index contributed by atoms with van der Waals surface area (Å²) < 4.78 is 11.6. The lowest BCUT2D eigenvalue weighted by Crippen LogP contribution is -2.53. The highest BCUT2D eigenvalue weighted by atomic mass is 16.6. The summed E-state index contributed by atoms with van der Waals surface area (Å²) in [5, 5.41) is 3.27. The summed E-state index contributed by atoms with van der Waals surface area (Å²) in [6, 6.07) is 14.6. The van der Waals surface area contributed by atoms with Crippen LogP contribution in [0.5, 0.6) is 5.75 Å². The number of hydrogen-bond donors (Lipinski definition) is 1. The predicted octanol–water partition coefficient (Wildman–Crippen LogP) is 5.20. The Morgan fingerprint density at radius 1 is 1.12 bits per heavy atom. The van der Waals surface area contributed by atoms with Crippen LogP contribution in [0.15, 0.2) is 42.5 Å². The van der Waals surface area contributed by atoms with Crippen molar-refractivity contribution in [1.29, 1.82) is 0 Å². The molecule has 3 heterocycles. The molecular weight excluding hydrogens is 400 g/mol. The fourth-order valence-corrected chi connectivity index (χ4v) is 5.77. The van der Waals surface area contributed by atoms with Crippen LogP contribution in [0.25, 0.3) is 11.1 Å². The van der Waals surface area contributed by atoms with Gasteiger partial charge in [-0.1, -0.05) is 44.2 Å². The molecule has 2 bridgehead atoms. The number of carbonyl (C=O) groups is 1. The number of nitrogens with one attached hydrogen (secondary N) is 1. The molecule has 0 saturated carbocycles. The Kier molecular flexibility index (Phi) is 5.62. The molecule has 1 aliphatic carbocycles. The van der Waals surface area contributed by atoms with Gasteiger partial charge in [-0.15, -0.1) is 0 Å². The fraction of sp³-hybridized carbons (Fsp3) is 0.519. The lowest BCUT2D eigenvalue weighted by Gasteiger charge is -2.44. The first-order valence-electron chi connectivity index (χ1n) is 11.9. The number of alkyl carbamates (subject to hydrolysis) is 1. The third kappa shape index (κ3) is 3.99. The van der Waals surface area contributed by atoms with Crippen LogP contribution in [-0.2, 0) is 11.2 Å². The van der Waals surface area contributed by atoms with Gasteiger partial charge in [0.05, 0.1) is 13.2 Å². The van der Waals surface area contributed by atoms with E-state index in [9.17, 15) is 4.79 Å². The highest BCUT2D eigenvalue weighted by Gasteiger charge is 2.40. The molecule has 0 spiro atoms. The van der Waals surface area contributed by atoms with E-state index in [1.807, 2.05) is 18.2 Å². The van der Waals surface area contributed by atoms with E-state index in [2.05, 4.69) is 48.3 Å². The van der Waals surface area contributed by atoms with Crippen molar-refractivity contribution in [2.24, 2.45) is 11.3 Å². The SMILES string of the molecule is COc1ccccc1-c1ccc2c(c1)C(NC(=O)O[C@@H]1CN3CCC1CC3)C(C)(C)CC2. The monoisotopic (exact) mass is 434 g/mol. The maximum atomic E-state index is 13.0. The predicted molar refractivity (Wildman–Crippen MR) is 126 cm³/mol. The molecule has 2 atom stereocenters.